The van der Waals surface area contributed by atoms with E-state index >= 15 is 0 Å². The third-order valence-electron chi connectivity index (χ3n) is 2.35. The second-order valence-electron chi connectivity index (χ2n) is 3.66. The Kier molecular flexibility index (Phi) is 3.59. The van der Waals surface area contributed by atoms with E-state index in [0.29, 0.717) is 17.0 Å². The first-order valence-electron chi connectivity index (χ1n) is 5.34. The van der Waals surface area contributed by atoms with E-state index in [9.17, 15) is 13.2 Å². The van der Waals surface area contributed by atoms with Crippen molar-refractivity contribution in [2.45, 2.75) is 6.36 Å². The van der Waals surface area contributed by atoms with Gasteiger partial charge in [0.15, 0.2) is 0 Å². The summed E-state index contributed by atoms with van der Waals surface area (Å²) in [5.74, 6) is 0.173. The van der Waals surface area contributed by atoms with Crippen LogP contribution in [-0.4, -0.2) is 18.5 Å². The van der Waals surface area contributed by atoms with Crippen LogP contribution in [0.15, 0.2) is 42.6 Å². The lowest BCUT2D eigenvalue weighted by Gasteiger charge is -2.10. The van der Waals surface area contributed by atoms with Gasteiger partial charge < -0.3 is 9.47 Å². The Bertz CT molecular complexity index is 553. The number of ether oxygens (including phenoxy) is 2. The summed E-state index contributed by atoms with van der Waals surface area (Å²) in [6.45, 7) is 0. The fraction of sp³-hybridized carbons (Fsp3) is 0.154. The van der Waals surface area contributed by atoms with Crippen LogP contribution in [0.2, 0.25) is 0 Å². The van der Waals surface area contributed by atoms with E-state index in [1.807, 2.05) is 0 Å². The molecule has 0 fully saturated rings. The highest BCUT2D eigenvalue weighted by molar-refractivity contribution is 5.64. The standard InChI is InChI=1S/C13H10F3NO2/c1-18-12-6-5-10(8-17-12)9-3-2-4-11(7-9)19-13(14,15)16/h2-8H,1H3. The Morgan fingerprint density at radius 3 is 2.42 bits per heavy atom. The summed E-state index contributed by atoms with van der Waals surface area (Å²) >= 11 is 0. The average molecular weight is 269 g/mol. The quantitative estimate of drug-likeness (QED) is 0.852. The van der Waals surface area contributed by atoms with E-state index in [2.05, 4.69) is 9.72 Å². The number of hydrogen-bond donors (Lipinski definition) is 0. The zero-order chi connectivity index (χ0) is 13.9. The zero-order valence-corrected chi connectivity index (χ0v) is 9.94. The first-order valence-corrected chi connectivity index (χ1v) is 5.34. The lowest BCUT2D eigenvalue weighted by atomic mass is 10.1. The molecular formula is C13H10F3NO2. The molecule has 2 rings (SSSR count). The Morgan fingerprint density at radius 1 is 1.05 bits per heavy atom. The van der Waals surface area contributed by atoms with Crippen molar-refractivity contribution in [3.05, 3.63) is 42.6 Å². The largest absolute Gasteiger partial charge is 0.573 e. The summed E-state index contributed by atoms with van der Waals surface area (Å²) in [5.41, 5.74) is 1.25. The van der Waals surface area contributed by atoms with Crippen LogP contribution in [0.1, 0.15) is 0 Å². The maximum Gasteiger partial charge on any atom is 0.573 e. The van der Waals surface area contributed by atoms with Gasteiger partial charge in [-0.25, -0.2) is 4.98 Å². The third-order valence-corrected chi connectivity index (χ3v) is 2.35. The van der Waals surface area contributed by atoms with E-state index < -0.39 is 6.36 Å². The van der Waals surface area contributed by atoms with Crippen LogP contribution in [0.5, 0.6) is 11.6 Å². The molecule has 1 aromatic heterocycles. The maximum absolute atomic E-state index is 12.1. The molecule has 100 valence electrons. The van der Waals surface area contributed by atoms with Gasteiger partial charge in [0.2, 0.25) is 5.88 Å². The summed E-state index contributed by atoms with van der Waals surface area (Å²) in [7, 11) is 1.49. The first-order chi connectivity index (χ1) is 8.98. The van der Waals surface area contributed by atoms with Gasteiger partial charge in [-0.1, -0.05) is 12.1 Å². The summed E-state index contributed by atoms with van der Waals surface area (Å²) in [6, 6.07) is 9.05. The van der Waals surface area contributed by atoms with Crippen molar-refractivity contribution in [1.82, 2.24) is 4.98 Å². The second kappa shape index (κ2) is 5.17. The lowest BCUT2D eigenvalue weighted by molar-refractivity contribution is -0.274. The SMILES string of the molecule is COc1ccc(-c2cccc(OC(F)(F)F)c2)cn1. The van der Waals surface area contributed by atoms with Gasteiger partial charge in [0.1, 0.15) is 5.75 Å². The molecule has 0 N–H and O–H groups in total. The molecule has 0 spiro atoms. The molecule has 2 aromatic rings. The predicted octanol–water partition coefficient (Wildman–Crippen LogP) is 3.66. The smallest absolute Gasteiger partial charge is 0.481 e. The summed E-state index contributed by atoms with van der Waals surface area (Å²) in [6.07, 6.45) is -3.18. The highest BCUT2D eigenvalue weighted by Gasteiger charge is 2.31. The number of halogens is 3. The molecule has 0 saturated heterocycles. The number of benzene rings is 1. The first kappa shape index (κ1) is 13.2. The molecule has 1 heterocycles. The molecule has 6 heteroatoms. The van der Waals surface area contributed by atoms with Gasteiger partial charge >= 0.3 is 6.36 Å². The molecule has 0 aliphatic carbocycles. The normalized spacial score (nSPS) is 11.2. The number of rotatable bonds is 3. The Morgan fingerprint density at radius 2 is 1.84 bits per heavy atom. The van der Waals surface area contributed by atoms with Crippen LogP contribution in [0.4, 0.5) is 13.2 Å². The van der Waals surface area contributed by atoms with E-state index in [1.54, 1.807) is 18.2 Å². The highest BCUT2D eigenvalue weighted by atomic mass is 19.4. The van der Waals surface area contributed by atoms with Crippen molar-refractivity contribution in [3.63, 3.8) is 0 Å². The minimum atomic E-state index is -4.70. The van der Waals surface area contributed by atoms with E-state index in [1.165, 1.54) is 31.5 Å². The van der Waals surface area contributed by atoms with E-state index in [-0.39, 0.29) is 5.75 Å². The van der Waals surface area contributed by atoms with Crippen molar-refractivity contribution >= 4 is 0 Å². The Labute approximate surface area is 107 Å². The highest BCUT2D eigenvalue weighted by Crippen LogP contribution is 2.28. The zero-order valence-electron chi connectivity index (χ0n) is 9.94. The molecular weight excluding hydrogens is 259 g/mol. The van der Waals surface area contributed by atoms with Crippen LogP contribution < -0.4 is 9.47 Å². The fourth-order valence-corrected chi connectivity index (χ4v) is 1.54. The fourth-order valence-electron chi connectivity index (χ4n) is 1.54. The molecule has 3 nitrogen and oxygen atoms in total. The summed E-state index contributed by atoms with van der Waals surface area (Å²) < 4.78 is 45.1. The topological polar surface area (TPSA) is 31.4 Å². The Hall–Kier alpha value is -2.24. The van der Waals surface area contributed by atoms with Crippen molar-refractivity contribution in [1.29, 1.82) is 0 Å². The molecule has 0 saturated carbocycles. The average Bonchev–Trinajstić information content (AvgIpc) is 2.37. The van der Waals surface area contributed by atoms with Crippen LogP contribution >= 0.6 is 0 Å². The summed E-state index contributed by atoms with van der Waals surface area (Å²) in [5, 5.41) is 0. The number of alkyl halides is 3. The van der Waals surface area contributed by atoms with E-state index in [0.717, 1.165) is 0 Å². The molecule has 1 aromatic carbocycles. The van der Waals surface area contributed by atoms with E-state index in [4.69, 9.17) is 4.74 Å². The van der Waals surface area contributed by atoms with Crippen molar-refractivity contribution in [3.8, 4) is 22.8 Å². The van der Waals surface area contributed by atoms with Crippen LogP contribution in [0.25, 0.3) is 11.1 Å². The number of aromatic nitrogens is 1. The minimum Gasteiger partial charge on any atom is -0.481 e. The van der Waals surface area contributed by atoms with Gasteiger partial charge in [0.05, 0.1) is 7.11 Å². The molecule has 0 radical (unpaired) electrons. The van der Waals surface area contributed by atoms with Crippen molar-refractivity contribution in [2.75, 3.05) is 7.11 Å². The second-order valence-corrected chi connectivity index (χ2v) is 3.66. The van der Waals surface area contributed by atoms with Gasteiger partial charge in [-0.05, 0) is 23.8 Å². The molecule has 0 bridgehead atoms. The number of nitrogens with zero attached hydrogens (tertiary/aromatic N) is 1. The summed E-state index contributed by atoms with van der Waals surface area (Å²) in [4.78, 5) is 3.99. The Balaban J connectivity index is 2.27. The maximum atomic E-state index is 12.1. The van der Waals surface area contributed by atoms with Crippen LogP contribution in [0.3, 0.4) is 0 Å². The van der Waals surface area contributed by atoms with Crippen molar-refractivity contribution < 1.29 is 22.6 Å². The van der Waals surface area contributed by atoms with Crippen LogP contribution in [0, 0.1) is 0 Å². The van der Waals surface area contributed by atoms with Gasteiger partial charge in [0, 0.05) is 17.8 Å². The molecule has 0 aliphatic rings. The number of methoxy groups -OCH3 is 1. The number of pyridine rings is 1. The predicted molar refractivity (Wildman–Crippen MR) is 62.9 cm³/mol. The third kappa shape index (κ3) is 3.61. The lowest BCUT2D eigenvalue weighted by Crippen LogP contribution is -2.17. The van der Waals surface area contributed by atoms with Gasteiger partial charge in [-0.15, -0.1) is 13.2 Å². The monoisotopic (exact) mass is 269 g/mol. The molecule has 0 amide bonds. The van der Waals surface area contributed by atoms with Gasteiger partial charge in [-0.3, -0.25) is 0 Å². The number of hydrogen-bond acceptors (Lipinski definition) is 3. The molecule has 0 aliphatic heterocycles. The molecule has 0 atom stereocenters. The van der Waals surface area contributed by atoms with Crippen LogP contribution in [-0.2, 0) is 0 Å². The van der Waals surface area contributed by atoms with Gasteiger partial charge in [0.25, 0.3) is 0 Å². The molecule has 19 heavy (non-hydrogen) atoms. The van der Waals surface area contributed by atoms with Gasteiger partial charge in [-0.2, -0.15) is 0 Å². The van der Waals surface area contributed by atoms with Crippen molar-refractivity contribution in [2.24, 2.45) is 0 Å². The molecule has 0 unspecified atom stereocenters. The minimum absolute atomic E-state index is 0.263.